The van der Waals surface area contributed by atoms with Gasteiger partial charge in [-0.05, 0) is 58.6 Å². The van der Waals surface area contributed by atoms with E-state index in [1.54, 1.807) is 23.1 Å². The topological polar surface area (TPSA) is 58.6 Å². The second-order valence-corrected chi connectivity index (χ2v) is 8.12. The van der Waals surface area contributed by atoms with E-state index in [4.69, 9.17) is 16.3 Å². The first-order valence-corrected chi connectivity index (χ1v) is 9.93. The minimum absolute atomic E-state index is 0.0390. The number of para-hydroxylation sites is 1. The third-order valence-electron chi connectivity index (χ3n) is 5.34. The molecule has 0 radical (unpaired) electrons. The van der Waals surface area contributed by atoms with Crippen LogP contribution in [0.4, 0.5) is 5.69 Å². The van der Waals surface area contributed by atoms with E-state index in [9.17, 15) is 9.59 Å². The minimum Gasteiger partial charge on any atom is -0.483 e. The molecule has 2 aliphatic heterocycles. The van der Waals surface area contributed by atoms with Gasteiger partial charge < -0.3 is 15.0 Å². The number of carbonyl (C=O) groups is 2. The molecule has 2 aromatic rings. The van der Waals surface area contributed by atoms with E-state index in [0.717, 1.165) is 11.3 Å². The fourth-order valence-electron chi connectivity index (χ4n) is 3.83. The Hall–Kier alpha value is -2.05. The smallest absolute Gasteiger partial charge is 0.260 e. The molecule has 7 heteroatoms. The van der Waals surface area contributed by atoms with Gasteiger partial charge in [0.2, 0.25) is 5.91 Å². The molecule has 4 rings (SSSR count). The average molecular weight is 450 g/mol. The Bertz CT molecular complexity index is 910. The average Bonchev–Trinajstić information content (AvgIpc) is 2.93. The van der Waals surface area contributed by atoms with Crippen molar-refractivity contribution in [2.75, 3.05) is 25.0 Å². The number of hydrogen-bond acceptors (Lipinski definition) is 3. The molecule has 27 heavy (non-hydrogen) atoms. The first-order valence-electron chi connectivity index (χ1n) is 8.76. The molecule has 0 aromatic heterocycles. The summed E-state index contributed by atoms with van der Waals surface area (Å²) >= 11 is 9.29. The molecule has 2 amide bonds. The molecule has 1 spiro atoms. The SMILES string of the molecule is O=C(COc1ccc(Cl)cc1Br)N1CCC2(CC1)C(=O)Nc1ccccc12. The Labute approximate surface area is 170 Å². The van der Waals surface area contributed by atoms with Crippen molar-refractivity contribution in [2.45, 2.75) is 18.3 Å². The number of nitrogens with one attached hydrogen (secondary N) is 1. The van der Waals surface area contributed by atoms with Gasteiger partial charge in [-0.25, -0.2) is 0 Å². The van der Waals surface area contributed by atoms with Gasteiger partial charge in [0.15, 0.2) is 6.61 Å². The molecule has 5 nitrogen and oxygen atoms in total. The van der Waals surface area contributed by atoms with Crippen LogP contribution in [0.1, 0.15) is 18.4 Å². The van der Waals surface area contributed by atoms with Gasteiger partial charge in [0, 0.05) is 23.8 Å². The summed E-state index contributed by atoms with van der Waals surface area (Å²) < 4.78 is 6.33. The lowest BCUT2D eigenvalue weighted by Crippen LogP contribution is -2.49. The fraction of sp³-hybridized carbons (Fsp3) is 0.300. The number of rotatable bonds is 3. The number of piperidine rings is 1. The van der Waals surface area contributed by atoms with Crippen LogP contribution in [0.15, 0.2) is 46.9 Å². The van der Waals surface area contributed by atoms with Crippen LogP contribution in [0.5, 0.6) is 5.75 Å². The summed E-state index contributed by atoms with van der Waals surface area (Å²) in [5.74, 6) is 0.529. The summed E-state index contributed by atoms with van der Waals surface area (Å²) in [5, 5.41) is 3.57. The molecule has 0 atom stereocenters. The molecule has 0 saturated carbocycles. The third kappa shape index (κ3) is 3.32. The number of fused-ring (bicyclic) bond motifs is 2. The summed E-state index contributed by atoms with van der Waals surface area (Å²) in [7, 11) is 0. The van der Waals surface area contributed by atoms with Crippen molar-refractivity contribution in [3.63, 3.8) is 0 Å². The van der Waals surface area contributed by atoms with Gasteiger partial charge in [-0.15, -0.1) is 0 Å². The predicted molar refractivity (Wildman–Crippen MR) is 107 cm³/mol. The van der Waals surface area contributed by atoms with Crippen LogP contribution in [-0.2, 0) is 15.0 Å². The van der Waals surface area contributed by atoms with Gasteiger partial charge in [0.1, 0.15) is 5.75 Å². The van der Waals surface area contributed by atoms with Gasteiger partial charge in [0.25, 0.3) is 5.91 Å². The van der Waals surface area contributed by atoms with Crippen molar-refractivity contribution in [2.24, 2.45) is 0 Å². The van der Waals surface area contributed by atoms with E-state index in [1.807, 2.05) is 24.3 Å². The molecule has 1 N–H and O–H groups in total. The molecule has 0 bridgehead atoms. The van der Waals surface area contributed by atoms with Gasteiger partial charge in [-0.1, -0.05) is 29.8 Å². The number of likely N-dealkylation sites (tertiary alicyclic amines) is 1. The van der Waals surface area contributed by atoms with Crippen LogP contribution < -0.4 is 10.1 Å². The molecule has 2 aromatic carbocycles. The highest BCUT2D eigenvalue weighted by atomic mass is 79.9. The summed E-state index contributed by atoms with van der Waals surface area (Å²) in [6, 6.07) is 13.0. The molecular weight excluding hydrogens is 432 g/mol. The number of benzene rings is 2. The maximum absolute atomic E-state index is 12.6. The molecule has 2 heterocycles. The molecule has 1 saturated heterocycles. The summed E-state index contributed by atoms with van der Waals surface area (Å²) in [4.78, 5) is 26.9. The maximum Gasteiger partial charge on any atom is 0.260 e. The van der Waals surface area contributed by atoms with E-state index >= 15 is 0 Å². The van der Waals surface area contributed by atoms with Crippen LogP contribution in [0.25, 0.3) is 0 Å². The number of amides is 2. The molecule has 0 aliphatic carbocycles. The zero-order chi connectivity index (χ0) is 19.0. The van der Waals surface area contributed by atoms with Crippen LogP contribution in [0, 0.1) is 0 Å². The highest BCUT2D eigenvalue weighted by Crippen LogP contribution is 2.44. The van der Waals surface area contributed by atoms with Crippen molar-refractivity contribution in [1.29, 1.82) is 0 Å². The van der Waals surface area contributed by atoms with Crippen molar-refractivity contribution < 1.29 is 14.3 Å². The normalized spacial score (nSPS) is 17.6. The first-order chi connectivity index (χ1) is 13.0. The second-order valence-electron chi connectivity index (χ2n) is 6.83. The van der Waals surface area contributed by atoms with Crippen molar-refractivity contribution in [3.05, 3.63) is 57.5 Å². The van der Waals surface area contributed by atoms with Gasteiger partial charge >= 0.3 is 0 Å². The largest absolute Gasteiger partial charge is 0.483 e. The molecule has 1 fully saturated rings. The zero-order valence-corrected chi connectivity index (χ0v) is 16.8. The highest BCUT2D eigenvalue weighted by molar-refractivity contribution is 9.10. The lowest BCUT2D eigenvalue weighted by atomic mass is 9.73. The number of hydrogen-bond donors (Lipinski definition) is 1. The van der Waals surface area contributed by atoms with E-state index in [2.05, 4.69) is 21.2 Å². The fourth-order valence-corrected chi connectivity index (χ4v) is 4.63. The first kappa shape index (κ1) is 18.3. The Morgan fingerprint density at radius 1 is 1.22 bits per heavy atom. The maximum atomic E-state index is 12.6. The quantitative estimate of drug-likeness (QED) is 0.771. The van der Waals surface area contributed by atoms with Gasteiger partial charge in [0.05, 0.1) is 9.89 Å². The summed E-state index contributed by atoms with van der Waals surface area (Å²) in [5.41, 5.74) is 1.41. The van der Waals surface area contributed by atoms with E-state index in [0.29, 0.717) is 41.2 Å². The van der Waals surface area contributed by atoms with E-state index in [1.165, 1.54) is 0 Å². The van der Waals surface area contributed by atoms with Crippen LogP contribution >= 0.6 is 27.5 Å². The monoisotopic (exact) mass is 448 g/mol. The van der Waals surface area contributed by atoms with Gasteiger partial charge in [-0.2, -0.15) is 0 Å². The van der Waals surface area contributed by atoms with Crippen LogP contribution in [-0.4, -0.2) is 36.4 Å². The Morgan fingerprint density at radius 2 is 1.96 bits per heavy atom. The Balaban J connectivity index is 1.39. The zero-order valence-electron chi connectivity index (χ0n) is 14.5. The molecule has 0 unspecified atom stereocenters. The number of anilines is 1. The molecule has 2 aliphatic rings. The summed E-state index contributed by atoms with van der Waals surface area (Å²) in [6.07, 6.45) is 1.23. The third-order valence-corrected chi connectivity index (χ3v) is 6.20. The number of carbonyl (C=O) groups excluding carboxylic acids is 2. The van der Waals surface area contributed by atoms with Crippen LogP contribution in [0.2, 0.25) is 5.02 Å². The lowest BCUT2D eigenvalue weighted by molar-refractivity contribution is -0.137. The highest BCUT2D eigenvalue weighted by Gasteiger charge is 2.48. The number of ether oxygens (including phenoxy) is 1. The van der Waals surface area contributed by atoms with Crippen LogP contribution in [0.3, 0.4) is 0 Å². The van der Waals surface area contributed by atoms with Crippen molar-refractivity contribution >= 4 is 45.0 Å². The molecule has 140 valence electrons. The summed E-state index contributed by atoms with van der Waals surface area (Å²) in [6.45, 7) is 1.02. The van der Waals surface area contributed by atoms with Crippen molar-refractivity contribution in [3.8, 4) is 5.75 Å². The predicted octanol–water partition coefficient (Wildman–Crippen LogP) is 3.99. The number of nitrogens with zero attached hydrogens (tertiary/aromatic N) is 1. The minimum atomic E-state index is -0.520. The lowest BCUT2D eigenvalue weighted by Gasteiger charge is -2.37. The number of halogens is 2. The molecular formula is C20H18BrClN2O3. The van der Waals surface area contributed by atoms with E-state index in [-0.39, 0.29) is 18.4 Å². The van der Waals surface area contributed by atoms with E-state index < -0.39 is 5.41 Å². The Kier molecular flexibility index (Phi) is 4.86. The van der Waals surface area contributed by atoms with Crippen molar-refractivity contribution in [1.82, 2.24) is 4.90 Å². The Morgan fingerprint density at radius 3 is 2.70 bits per heavy atom. The second kappa shape index (κ2) is 7.17. The van der Waals surface area contributed by atoms with Gasteiger partial charge in [-0.3, -0.25) is 9.59 Å². The standard InChI is InChI=1S/C20H18BrClN2O3/c21-15-11-13(22)5-6-17(15)27-12-18(25)24-9-7-20(8-10-24)14-3-1-2-4-16(14)23-19(20)26/h1-6,11H,7-10,12H2,(H,23,26).